The van der Waals surface area contributed by atoms with Gasteiger partial charge < -0.3 is 15.2 Å². The van der Waals surface area contributed by atoms with Crippen LogP contribution in [0.2, 0.25) is 0 Å². The molecule has 2 N–H and O–H groups in total. The first-order valence-electron chi connectivity index (χ1n) is 4.54. The molecule has 1 amide bonds. The molecule has 0 aromatic carbocycles. The maximum Gasteiger partial charge on any atom is 0.249 e. The highest BCUT2D eigenvalue weighted by molar-refractivity contribution is 5.80. The van der Waals surface area contributed by atoms with Crippen LogP contribution in [0.4, 0.5) is 0 Å². The van der Waals surface area contributed by atoms with Gasteiger partial charge in [-0.2, -0.15) is 0 Å². The normalized spacial score (nSPS) is 13.0. The Morgan fingerprint density at radius 1 is 1.54 bits per heavy atom. The van der Waals surface area contributed by atoms with Gasteiger partial charge in [-0.25, -0.2) is 0 Å². The molecule has 13 heavy (non-hydrogen) atoms. The highest BCUT2D eigenvalue weighted by Crippen LogP contribution is 2.00. The van der Waals surface area contributed by atoms with E-state index in [4.69, 9.17) is 4.74 Å². The number of nitrogens with one attached hydrogen (secondary N) is 1. The zero-order valence-corrected chi connectivity index (χ0v) is 8.54. The van der Waals surface area contributed by atoms with E-state index in [0.717, 1.165) is 6.42 Å². The van der Waals surface area contributed by atoms with Crippen molar-refractivity contribution < 1.29 is 14.6 Å². The van der Waals surface area contributed by atoms with Crippen LogP contribution >= 0.6 is 0 Å². The fourth-order valence-electron chi connectivity index (χ4n) is 0.835. The molecule has 0 aliphatic rings. The zero-order valence-electron chi connectivity index (χ0n) is 8.54. The lowest BCUT2D eigenvalue weighted by atomic mass is 10.1. The number of hydrogen-bond acceptors (Lipinski definition) is 3. The fraction of sp³-hybridized carbons (Fsp3) is 0.889. The summed E-state index contributed by atoms with van der Waals surface area (Å²) in [5, 5.41) is 11.9. The summed E-state index contributed by atoms with van der Waals surface area (Å²) in [6.07, 6.45) is -0.130. The molecule has 1 atom stereocenters. The van der Waals surface area contributed by atoms with Gasteiger partial charge in [0.25, 0.3) is 0 Å². The van der Waals surface area contributed by atoms with Gasteiger partial charge in [0.05, 0.1) is 0 Å². The number of ether oxygens (including phenoxy) is 1. The third kappa shape index (κ3) is 5.60. The summed E-state index contributed by atoms with van der Waals surface area (Å²) in [5.41, 5.74) is 0. The molecular weight excluding hydrogens is 170 g/mol. The molecule has 0 radical (unpaired) electrons. The van der Waals surface area contributed by atoms with E-state index in [2.05, 4.69) is 5.32 Å². The smallest absolute Gasteiger partial charge is 0.249 e. The highest BCUT2D eigenvalue weighted by Gasteiger charge is 2.17. The predicted molar refractivity (Wildman–Crippen MR) is 50.3 cm³/mol. The topological polar surface area (TPSA) is 58.6 Å². The largest absolute Gasteiger partial charge is 0.385 e. The van der Waals surface area contributed by atoms with Gasteiger partial charge in [-0.3, -0.25) is 4.79 Å². The Morgan fingerprint density at radius 3 is 2.62 bits per heavy atom. The van der Waals surface area contributed by atoms with Crippen LogP contribution in [0.5, 0.6) is 0 Å². The Balaban J connectivity index is 3.50. The number of hydrogen-bond donors (Lipinski definition) is 2. The molecule has 4 nitrogen and oxygen atoms in total. The quantitative estimate of drug-likeness (QED) is 0.585. The van der Waals surface area contributed by atoms with Crippen LogP contribution in [0, 0.1) is 5.92 Å². The highest BCUT2D eigenvalue weighted by atomic mass is 16.5. The summed E-state index contributed by atoms with van der Waals surface area (Å²) in [4.78, 5) is 11.1. The van der Waals surface area contributed by atoms with Gasteiger partial charge in [0, 0.05) is 20.3 Å². The van der Waals surface area contributed by atoms with Crippen molar-refractivity contribution in [2.75, 3.05) is 20.3 Å². The molecule has 4 heteroatoms. The SMILES string of the molecule is COCCCNC(=O)C(O)C(C)C. The van der Waals surface area contributed by atoms with Gasteiger partial charge in [-0.05, 0) is 12.3 Å². The molecule has 0 saturated heterocycles. The van der Waals surface area contributed by atoms with Crippen molar-refractivity contribution >= 4 is 5.91 Å². The van der Waals surface area contributed by atoms with Crippen molar-refractivity contribution in [2.24, 2.45) is 5.92 Å². The summed E-state index contributed by atoms with van der Waals surface area (Å²) in [6, 6.07) is 0. The van der Waals surface area contributed by atoms with Crippen molar-refractivity contribution in [3.05, 3.63) is 0 Å². The maximum atomic E-state index is 11.1. The van der Waals surface area contributed by atoms with Crippen molar-refractivity contribution in [1.29, 1.82) is 0 Å². The fourth-order valence-corrected chi connectivity index (χ4v) is 0.835. The van der Waals surface area contributed by atoms with Crippen LogP contribution in [0.25, 0.3) is 0 Å². The summed E-state index contributed by atoms with van der Waals surface area (Å²) in [7, 11) is 1.62. The minimum Gasteiger partial charge on any atom is -0.385 e. The van der Waals surface area contributed by atoms with Crippen molar-refractivity contribution in [3.63, 3.8) is 0 Å². The molecular formula is C9H19NO3. The minimum atomic E-state index is -0.900. The van der Waals surface area contributed by atoms with Gasteiger partial charge in [-0.15, -0.1) is 0 Å². The number of methoxy groups -OCH3 is 1. The Hall–Kier alpha value is -0.610. The minimum absolute atomic E-state index is 0.0394. The molecule has 78 valence electrons. The van der Waals surface area contributed by atoms with E-state index < -0.39 is 6.10 Å². The van der Waals surface area contributed by atoms with Gasteiger partial charge in [0.1, 0.15) is 6.10 Å². The van der Waals surface area contributed by atoms with Crippen LogP contribution in [0.1, 0.15) is 20.3 Å². The van der Waals surface area contributed by atoms with Gasteiger partial charge >= 0.3 is 0 Å². The first kappa shape index (κ1) is 12.4. The Kier molecular flexibility index (Phi) is 6.54. The maximum absolute atomic E-state index is 11.1. The number of carbonyl (C=O) groups excluding carboxylic acids is 1. The van der Waals surface area contributed by atoms with E-state index in [9.17, 15) is 9.90 Å². The van der Waals surface area contributed by atoms with Gasteiger partial charge in [0.15, 0.2) is 0 Å². The molecule has 1 unspecified atom stereocenters. The third-order valence-electron chi connectivity index (χ3n) is 1.72. The van der Waals surface area contributed by atoms with E-state index in [0.29, 0.717) is 13.2 Å². The van der Waals surface area contributed by atoms with Crippen molar-refractivity contribution in [2.45, 2.75) is 26.4 Å². The monoisotopic (exact) mass is 189 g/mol. The van der Waals surface area contributed by atoms with E-state index in [1.54, 1.807) is 21.0 Å². The second-order valence-corrected chi connectivity index (χ2v) is 3.33. The van der Waals surface area contributed by atoms with Crippen LogP contribution in [-0.2, 0) is 9.53 Å². The summed E-state index contributed by atoms with van der Waals surface area (Å²) < 4.78 is 4.82. The van der Waals surface area contributed by atoms with Crippen LogP contribution < -0.4 is 5.32 Å². The van der Waals surface area contributed by atoms with Crippen molar-refractivity contribution in [1.82, 2.24) is 5.32 Å². The predicted octanol–water partition coefficient (Wildman–Crippen LogP) is 0.156. The molecule has 0 aliphatic heterocycles. The molecule has 0 aromatic heterocycles. The Morgan fingerprint density at radius 2 is 2.15 bits per heavy atom. The molecule has 0 rings (SSSR count). The third-order valence-corrected chi connectivity index (χ3v) is 1.72. The number of aliphatic hydroxyl groups is 1. The zero-order chi connectivity index (χ0) is 10.3. The Bertz CT molecular complexity index is 148. The lowest BCUT2D eigenvalue weighted by molar-refractivity contribution is -0.131. The lowest BCUT2D eigenvalue weighted by Crippen LogP contribution is -2.38. The summed E-state index contributed by atoms with van der Waals surface area (Å²) in [6.45, 7) is 4.79. The standard InChI is InChI=1S/C9H19NO3/c1-7(2)8(11)9(12)10-5-4-6-13-3/h7-8,11H,4-6H2,1-3H3,(H,10,12). The van der Waals surface area contributed by atoms with E-state index >= 15 is 0 Å². The molecule has 0 aromatic rings. The molecule has 0 aliphatic carbocycles. The summed E-state index contributed by atoms with van der Waals surface area (Å²) >= 11 is 0. The number of aliphatic hydroxyl groups excluding tert-OH is 1. The van der Waals surface area contributed by atoms with Crippen LogP contribution in [0.15, 0.2) is 0 Å². The Labute approximate surface area is 79.3 Å². The number of carbonyl (C=O) groups is 1. The first-order valence-corrected chi connectivity index (χ1v) is 4.54. The average molecular weight is 189 g/mol. The van der Waals surface area contributed by atoms with Crippen LogP contribution in [-0.4, -0.2) is 37.4 Å². The molecule has 0 fully saturated rings. The van der Waals surface area contributed by atoms with Gasteiger partial charge in [0.2, 0.25) is 5.91 Å². The molecule has 0 spiro atoms. The van der Waals surface area contributed by atoms with Crippen LogP contribution in [0.3, 0.4) is 0 Å². The van der Waals surface area contributed by atoms with Crippen molar-refractivity contribution in [3.8, 4) is 0 Å². The summed E-state index contributed by atoms with van der Waals surface area (Å²) in [5.74, 6) is -0.339. The molecule has 0 bridgehead atoms. The van der Waals surface area contributed by atoms with Gasteiger partial charge in [-0.1, -0.05) is 13.8 Å². The average Bonchev–Trinajstić information content (AvgIpc) is 2.10. The van der Waals surface area contributed by atoms with E-state index in [1.165, 1.54) is 0 Å². The van der Waals surface area contributed by atoms with E-state index in [-0.39, 0.29) is 11.8 Å². The first-order chi connectivity index (χ1) is 6.09. The second kappa shape index (κ2) is 6.86. The second-order valence-electron chi connectivity index (χ2n) is 3.33. The molecule has 0 saturated carbocycles. The van der Waals surface area contributed by atoms with E-state index in [1.807, 2.05) is 0 Å². The number of rotatable bonds is 6. The number of amides is 1. The lowest BCUT2D eigenvalue weighted by Gasteiger charge is -2.13. The molecule has 0 heterocycles.